The van der Waals surface area contributed by atoms with Crippen molar-refractivity contribution in [3.63, 3.8) is 0 Å². The molecule has 8 heteroatoms. The SMILES string of the molecule is C=C1N=C(c2cc(C3CC3)[nH]n2)N=C(N)CNC(=O)N1Cc1ccccc1. The van der Waals surface area contributed by atoms with E-state index in [4.69, 9.17) is 5.73 Å². The highest BCUT2D eigenvalue weighted by Crippen LogP contribution is 2.39. The van der Waals surface area contributed by atoms with Crippen LogP contribution in [0.5, 0.6) is 0 Å². The Morgan fingerprint density at radius 1 is 1.22 bits per heavy atom. The third kappa shape index (κ3) is 3.89. The van der Waals surface area contributed by atoms with Crippen LogP contribution in [-0.2, 0) is 6.54 Å². The summed E-state index contributed by atoms with van der Waals surface area (Å²) in [6.07, 6.45) is 2.32. The molecule has 1 aromatic heterocycles. The first-order valence-electron chi connectivity index (χ1n) is 8.86. The van der Waals surface area contributed by atoms with Gasteiger partial charge >= 0.3 is 6.03 Å². The molecule has 0 radical (unpaired) electrons. The summed E-state index contributed by atoms with van der Waals surface area (Å²) in [5.41, 5.74) is 8.59. The van der Waals surface area contributed by atoms with Gasteiger partial charge in [0.05, 0.1) is 13.1 Å². The van der Waals surface area contributed by atoms with Crippen LogP contribution >= 0.6 is 0 Å². The third-order valence-corrected chi connectivity index (χ3v) is 4.49. The van der Waals surface area contributed by atoms with Crippen molar-refractivity contribution in [1.82, 2.24) is 20.4 Å². The molecule has 1 aromatic carbocycles. The predicted molar refractivity (Wildman–Crippen MR) is 103 cm³/mol. The highest BCUT2D eigenvalue weighted by molar-refractivity contribution is 6.06. The van der Waals surface area contributed by atoms with E-state index in [0.717, 1.165) is 24.1 Å². The van der Waals surface area contributed by atoms with Crippen molar-refractivity contribution < 1.29 is 4.79 Å². The first kappa shape index (κ1) is 17.0. The minimum Gasteiger partial charge on any atom is -0.386 e. The number of benzene rings is 1. The van der Waals surface area contributed by atoms with Gasteiger partial charge in [-0.1, -0.05) is 36.9 Å². The Bertz CT molecular complexity index is 925. The van der Waals surface area contributed by atoms with Gasteiger partial charge in [-0.2, -0.15) is 5.10 Å². The highest BCUT2D eigenvalue weighted by Gasteiger charge is 2.27. The van der Waals surface area contributed by atoms with E-state index in [2.05, 4.69) is 32.1 Å². The van der Waals surface area contributed by atoms with Crippen molar-refractivity contribution in [2.24, 2.45) is 15.7 Å². The summed E-state index contributed by atoms with van der Waals surface area (Å²) in [7, 11) is 0. The molecule has 0 saturated heterocycles. The van der Waals surface area contributed by atoms with Crippen LogP contribution in [0, 0.1) is 0 Å². The van der Waals surface area contributed by atoms with Crippen molar-refractivity contribution in [3.8, 4) is 0 Å². The summed E-state index contributed by atoms with van der Waals surface area (Å²) < 4.78 is 0. The largest absolute Gasteiger partial charge is 0.386 e. The number of amides is 2. The number of H-pyrrole nitrogens is 1. The molecule has 2 aliphatic rings. The Labute approximate surface area is 156 Å². The summed E-state index contributed by atoms with van der Waals surface area (Å²) >= 11 is 0. The van der Waals surface area contributed by atoms with Crippen molar-refractivity contribution in [2.45, 2.75) is 25.3 Å². The molecule has 2 heterocycles. The Hall–Kier alpha value is -3.42. The predicted octanol–water partition coefficient (Wildman–Crippen LogP) is 2.09. The van der Waals surface area contributed by atoms with Gasteiger partial charge in [-0.15, -0.1) is 0 Å². The molecule has 138 valence electrons. The highest BCUT2D eigenvalue weighted by atomic mass is 16.2. The lowest BCUT2D eigenvalue weighted by Crippen LogP contribution is -2.41. The van der Waals surface area contributed by atoms with Crippen LogP contribution in [-0.4, -0.2) is 39.3 Å². The lowest BCUT2D eigenvalue weighted by Gasteiger charge is -2.22. The first-order valence-corrected chi connectivity index (χ1v) is 8.86. The van der Waals surface area contributed by atoms with Crippen LogP contribution in [0.15, 0.2) is 58.8 Å². The minimum atomic E-state index is -0.326. The van der Waals surface area contributed by atoms with E-state index in [1.165, 1.54) is 4.90 Å². The van der Waals surface area contributed by atoms with Gasteiger partial charge in [-0.05, 0) is 24.5 Å². The molecule has 1 aliphatic heterocycles. The summed E-state index contributed by atoms with van der Waals surface area (Å²) in [6, 6.07) is 11.3. The van der Waals surface area contributed by atoms with Gasteiger partial charge in [0.25, 0.3) is 0 Å². The second kappa shape index (κ2) is 7.06. The van der Waals surface area contributed by atoms with Gasteiger partial charge in [0, 0.05) is 11.6 Å². The van der Waals surface area contributed by atoms with E-state index in [-0.39, 0.29) is 24.2 Å². The molecular weight excluding hydrogens is 342 g/mol. The number of carbonyl (C=O) groups is 1. The molecule has 1 saturated carbocycles. The van der Waals surface area contributed by atoms with Gasteiger partial charge in [0.1, 0.15) is 17.4 Å². The monoisotopic (exact) mass is 363 g/mol. The Kier molecular flexibility index (Phi) is 4.45. The lowest BCUT2D eigenvalue weighted by atomic mass is 10.2. The van der Waals surface area contributed by atoms with Crippen LogP contribution in [0.25, 0.3) is 0 Å². The van der Waals surface area contributed by atoms with Crippen molar-refractivity contribution in [1.29, 1.82) is 0 Å². The van der Waals surface area contributed by atoms with Crippen LogP contribution in [0.4, 0.5) is 4.79 Å². The van der Waals surface area contributed by atoms with Gasteiger partial charge in [0.2, 0.25) is 0 Å². The fourth-order valence-corrected chi connectivity index (χ4v) is 2.86. The molecule has 0 atom stereocenters. The van der Waals surface area contributed by atoms with Crippen molar-refractivity contribution in [2.75, 3.05) is 6.54 Å². The Balaban J connectivity index is 1.65. The first-order chi connectivity index (χ1) is 13.1. The van der Waals surface area contributed by atoms with Crippen molar-refractivity contribution in [3.05, 3.63) is 65.7 Å². The fourth-order valence-electron chi connectivity index (χ4n) is 2.86. The van der Waals surface area contributed by atoms with Crippen LogP contribution < -0.4 is 11.1 Å². The van der Waals surface area contributed by atoms with Crippen LogP contribution in [0.3, 0.4) is 0 Å². The molecule has 1 fully saturated rings. The van der Waals surface area contributed by atoms with E-state index in [0.29, 0.717) is 24.0 Å². The summed E-state index contributed by atoms with van der Waals surface area (Å²) in [4.78, 5) is 22.9. The number of urea groups is 1. The molecule has 0 bridgehead atoms. The molecule has 1 aliphatic carbocycles. The number of amidine groups is 2. The molecule has 2 aromatic rings. The topological polar surface area (TPSA) is 112 Å². The molecule has 27 heavy (non-hydrogen) atoms. The maximum absolute atomic E-state index is 12.6. The standard InChI is InChI=1S/C19H21N7O/c1-12-22-18(16-9-15(24-25-16)14-7-8-14)23-17(20)10-21-19(27)26(12)11-13-5-3-2-4-6-13/h2-6,9,14H,1,7-8,10-11H2,(H,21,27)(H,24,25)(H2,20,22,23). The molecule has 0 spiro atoms. The second-order valence-corrected chi connectivity index (χ2v) is 6.67. The van der Waals surface area contributed by atoms with Gasteiger partial charge in [-0.3, -0.25) is 10.00 Å². The molecular formula is C19H21N7O. The number of hydrogen-bond acceptors (Lipinski definition) is 5. The summed E-state index contributed by atoms with van der Waals surface area (Å²) in [6.45, 7) is 4.43. The summed E-state index contributed by atoms with van der Waals surface area (Å²) in [5, 5.41) is 10.1. The van der Waals surface area contributed by atoms with Crippen LogP contribution in [0.2, 0.25) is 0 Å². The van der Waals surface area contributed by atoms with E-state index in [1.807, 2.05) is 36.4 Å². The maximum atomic E-state index is 12.6. The zero-order valence-corrected chi connectivity index (χ0v) is 14.9. The van der Waals surface area contributed by atoms with Gasteiger partial charge in [0.15, 0.2) is 5.84 Å². The number of aromatic amines is 1. The van der Waals surface area contributed by atoms with Crippen molar-refractivity contribution >= 4 is 17.7 Å². The number of nitrogens with zero attached hydrogens (tertiary/aromatic N) is 4. The average molecular weight is 363 g/mol. The number of nitrogens with two attached hydrogens (primary N) is 1. The average Bonchev–Trinajstić information content (AvgIpc) is 3.40. The second-order valence-electron chi connectivity index (χ2n) is 6.67. The van der Waals surface area contributed by atoms with E-state index >= 15 is 0 Å². The number of rotatable bonds is 4. The number of aromatic nitrogens is 2. The normalized spacial score (nSPS) is 18.1. The zero-order chi connectivity index (χ0) is 18.8. The Morgan fingerprint density at radius 3 is 2.74 bits per heavy atom. The minimum absolute atomic E-state index is 0.121. The Morgan fingerprint density at radius 2 is 2.00 bits per heavy atom. The number of nitrogens with one attached hydrogen (secondary N) is 2. The number of hydrogen-bond donors (Lipinski definition) is 3. The third-order valence-electron chi connectivity index (χ3n) is 4.49. The van der Waals surface area contributed by atoms with Gasteiger partial charge in [-0.25, -0.2) is 14.8 Å². The van der Waals surface area contributed by atoms with E-state index < -0.39 is 0 Å². The summed E-state index contributed by atoms with van der Waals surface area (Å²) in [5.74, 6) is 1.41. The maximum Gasteiger partial charge on any atom is 0.323 e. The fraction of sp³-hybridized carbons (Fsp3) is 0.263. The smallest absolute Gasteiger partial charge is 0.323 e. The molecule has 8 nitrogen and oxygen atoms in total. The van der Waals surface area contributed by atoms with E-state index in [9.17, 15) is 4.79 Å². The molecule has 4 N–H and O–H groups in total. The zero-order valence-electron chi connectivity index (χ0n) is 14.9. The molecule has 4 rings (SSSR count). The molecule has 2 amide bonds. The van der Waals surface area contributed by atoms with Gasteiger partial charge < -0.3 is 11.1 Å². The number of aliphatic imine (C=N–C) groups is 2. The molecule has 0 unspecified atom stereocenters. The quantitative estimate of drug-likeness (QED) is 0.773. The van der Waals surface area contributed by atoms with E-state index in [1.54, 1.807) is 0 Å². The lowest BCUT2D eigenvalue weighted by molar-refractivity contribution is 0.210. The van der Waals surface area contributed by atoms with Crippen LogP contribution in [0.1, 0.15) is 35.7 Å². The number of carbonyl (C=O) groups excluding carboxylic acids is 1.